The molecule has 1 unspecified atom stereocenters. The fourth-order valence-corrected chi connectivity index (χ4v) is 3.64. The second-order valence-corrected chi connectivity index (χ2v) is 6.73. The normalized spacial score (nSPS) is 16.9. The minimum absolute atomic E-state index is 0.662. The molecule has 1 aromatic heterocycles. The zero-order valence-corrected chi connectivity index (χ0v) is 14.7. The van der Waals surface area contributed by atoms with Gasteiger partial charge in [0.05, 0.1) is 13.4 Å². The van der Waals surface area contributed by atoms with Gasteiger partial charge in [0.25, 0.3) is 0 Å². The first kappa shape index (κ1) is 17.0. The molecule has 1 aromatic carbocycles. The highest BCUT2D eigenvalue weighted by Gasteiger charge is 2.20. The zero-order valence-electron chi connectivity index (χ0n) is 14.7. The van der Waals surface area contributed by atoms with E-state index in [2.05, 4.69) is 44.9 Å². The number of likely N-dealkylation sites (tertiary alicyclic amines) is 1. The maximum Gasteiger partial charge on any atom is 0.118 e. The highest BCUT2D eigenvalue weighted by molar-refractivity contribution is 5.27. The van der Waals surface area contributed by atoms with Crippen LogP contribution in [0.15, 0.2) is 43.0 Å². The van der Waals surface area contributed by atoms with E-state index in [0.29, 0.717) is 6.04 Å². The Hall–Kier alpha value is -1.81. The van der Waals surface area contributed by atoms with Gasteiger partial charge in [0.1, 0.15) is 5.75 Å². The van der Waals surface area contributed by atoms with E-state index in [-0.39, 0.29) is 0 Å². The standard InChI is InChI=1S/C20H29N3O/c1-24-20-9-6-18(7-10-20)5-8-19(23-13-3-2-4-14-23)11-15-22-16-12-21-17-22/h6-7,9-10,12,16-17,19H,2-5,8,11,13-15H2,1H3. The van der Waals surface area contributed by atoms with Gasteiger partial charge in [-0.25, -0.2) is 4.98 Å². The molecule has 0 N–H and O–H groups in total. The van der Waals surface area contributed by atoms with Crippen LogP contribution < -0.4 is 4.74 Å². The summed E-state index contributed by atoms with van der Waals surface area (Å²) >= 11 is 0. The minimum atomic E-state index is 0.662. The quantitative estimate of drug-likeness (QED) is 0.739. The first-order valence-corrected chi connectivity index (χ1v) is 9.18. The van der Waals surface area contributed by atoms with Crippen LogP contribution in [0.25, 0.3) is 0 Å². The SMILES string of the molecule is COc1ccc(CCC(CCn2ccnc2)N2CCCCC2)cc1. The largest absolute Gasteiger partial charge is 0.497 e. The van der Waals surface area contributed by atoms with Gasteiger partial charge in [-0.2, -0.15) is 0 Å². The first-order valence-electron chi connectivity index (χ1n) is 9.18. The van der Waals surface area contributed by atoms with E-state index < -0.39 is 0 Å². The fraction of sp³-hybridized carbons (Fsp3) is 0.550. The van der Waals surface area contributed by atoms with Crippen molar-refractivity contribution in [3.05, 3.63) is 48.5 Å². The molecule has 0 spiro atoms. The molecular weight excluding hydrogens is 298 g/mol. The van der Waals surface area contributed by atoms with Gasteiger partial charge in [0.15, 0.2) is 0 Å². The number of ether oxygens (including phenoxy) is 1. The van der Waals surface area contributed by atoms with E-state index >= 15 is 0 Å². The molecule has 4 nitrogen and oxygen atoms in total. The van der Waals surface area contributed by atoms with Crippen molar-refractivity contribution in [1.29, 1.82) is 0 Å². The van der Waals surface area contributed by atoms with Crippen molar-refractivity contribution < 1.29 is 4.74 Å². The second-order valence-electron chi connectivity index (χ2n) is 6.73. The molecule has 1 fully saturated rings. The lowest BCUT2D eigenvalue weighted by atomic mass is 9.99. The molecular formula is C20H29N3O. The van der Waals surface area contributed by atoms with Gasteiger partial charge < -0.3 is 14.2 Å². The highest BCUT2D eigenvalue weighted by atomic mass is 16.5. The molecule has 4 heteroatoms. The first-order chi connectivity index (χ1) is 11.8. The van der Waals surface area contributed by atoms with Crippen molar-refractivity contribution >= 4 is 0 Å². The number of methoxy groups -OCH3 is 1. The Morgan fingerprint density at radius 2 is 1.88 bits per heavy atom. The molecule has 3 rings (SSSR count). The maximum absolute atomic E-state index is 5.25. The van der Waals surface area contributed by atoms with Crippen molar-refractivity contribution in [2.45, 2.75) is 51.1 Å². The summed E-state index contributed by atoms with van der Waals surface area (Å²) in [6, 6.07) is 9.19. The van der Waals surface area contributed by atoms with Crippen molar-refractivity contribution in [2.24, 2.45) is 0 Å². The molecule has 0 radical (unpaired) electrons. The Morgan fingerprint density at radius 3 is 2.54 bits per heavy atom. The average Bonchev–Trinajstić information content (AvgIpc) is 3.16. The molecule has 1 aliphatic rings. The summed E-state index contributed by atoms with van der Waals surface area (Å²) in [5.74, 6) is 0.937. The van der Waals surface area contributed by atoms with E-state index in [1.807, 2.05) is 12.5 Å². The monoisotopic (exact) mass is 327 g/mol. The summed E-state index contributed by atoms with van der Waals surface area (Å²) < 4.78 is 7.45. The van der Waals surface area contributed by atoms with Crippen LogP contribution in [0.5, 0.6) is 5.75 Å². The molecule has 2 heterocycles. The molecule has 0 saturated carbocycles. The summed E-state index contributed by atoms with van der Waals surface area (Å²) in [7, 11) is 1.72. The molecule has 0 amide bonds. The van der Waals surface area contributed by atoms with Gasteiger partial charge in [0.2, 0.25) is 0 Å². The molecule has 24 heavy (non-hydrogen) atoms. The van der Waals surface area contributed by atoms with Crippen LogP contribution in [0, 0.1) is 0 Å². The third-order valence-electron chi connectivity index (χ3n) is 5.11. The zero-order chi connectivity index (χ0) is 16.6. The van der Waals surface area contributed by atoms with Crippen LogP contribution in [0.1, 0.15) is 37.7 Å². The predicted molar refractivity (Wildman–Crippen MR) is 97.4 cm³/mol. The summed E-state index contributed by atoms with van der Waals surface area (Å²) in [6.07, 6.45) is 13.5. The third kappa shape index (κ3) is 4.84. The minimum Gasteiger partial charge on any atom is -0.497 e. The van der Waals surface area contributed by atoms with E-state index in [1.165, 1.54) is 50.8 Å². The van der Waals surface area contributed by atoms with E-state index in [4.69, 9.17) is 4.74 Å². The number of hydrogen-bond donors (Lipinski definition) is 0. The number of hydrogen-bond acceptors (Lipinski definition) is 3. The number of rotatable bonds is 8. The van der Waals surface area contributed by atoms with Crippen molar-refractivity contribution in [2.75, 3.05) is 20.2 Å². The summed E-state index contributed by atoms with van der Waals surface area (Å²) in [4.78, 5) is 6.87. The van der Waals surface area contributed by atoms with E-state index in [0.717, 1.165) is 18.7 Å². The van der Waals surface area contributed by atoms with Gasteiger partial charge in [-0.15, -0.1) is 0 Å². The Labute approximate surface area is 145 Å². The van der Waals surface area contributed by atoms with Gasteiger partial charge in [0, 0.05) is 25.0 Å². The van der Waals surface area contributed by atoms with Crippen LogP contribution >= 0.6 is 0 Å². The molecule has 1 saturated heterocycles. The van der Waals surface area contributed by atoms with Crippen LogP contribution in [-0.4, -0.2) is 40.7 Å². The Balaban J connectivity index is 1.57. The third-order valence-corrected chi connectivity index (χ3v) is 5.11. The lowest BCUT2D eigenvalue weighted by Gasteiger charge is -2.35. The maximum atomic E-state index is 5.25. The smallest absolute Gasteiger partial charge is 0.118 e. The number of benzene rings is 1. The van der Waals surface area contributed by atoms with Gasteiger partial charge in [-0.1, -0.05) is 18.6 Å². The number of aromatic nitrogens is 2. The number of aryl methyl sites for hydroxylation is 2. The van der Waals surface area contributed by atoms with Crippen LogP contribution in [0.4, 0.5) is 0 Å². The Morgan fingerprint density at radius 1 is 1.08 bits per heavy atom. The Kier molecular flexibility index (Phi) is 6.30. The number of imidazole rings is 1. The molecule has 130 valence electrons. The van der Waals surface area contributed by atoms with Crippen molar-refractivity contribution in [3.8, 4) is 5.75 Å². The number of nitrogens with zero attached hydrogens (tertiary/aromatic N) is 3. The topological polar surface area (TPSA) is 30.3 Å². The van der Waals surface area contributed by atoms with Gasteiger partial charge in [-0.05, 0) is 62.9 Å². The lowest BCUT2D eigenvalue weighted by Crippen LogP contribution is -2.40. The lowest BCUT2D eigenvalue weighted by molar-refractivity contribution is 0.144. The molecule has 1 atom stereocenters. The molecule has 0 aliphatic carbocycles. The summed E-state index contributed by atoms with van der Waals surface area (Å²) in [5, 5.41) is 0. The molecule has 0 bridgehead atoms. The fourth-order valence-electron chi connectivity index (χ4n) is 3.64. The summed E-state index contributed by atoms with van der Waals surface area (Å²) in [6.45, 7) is 3.58. The van der Waals surface area contributed by atoms with E-state index in [9.17, 15) is 0 Å². The molecule has 2 aromatic rings. The van der Waals surface area contributed by atoms with Gasteiger partial charge in [-0.3, -0.25) is 0 Å². The van der Waals surface area contributed by atoms with Crippen molar-refractivity contribution in [1.82, 2.24) is 14.5 Å². The van der Waals surface area contributed by atoms with Crippen molar-refractivity contribution in [3.63, 3.8) is 0 Å². The second kappa shape index (κ2) is 8.88. The van der Waals surface area contributed by atoms with Crippen LogP contribution in [0.2, 0.25) is 0 Å². The summed E-state index contributed by atoms with van der Waals surface area (Å²) in [5.41, 5.74) is 1.40. The number of piperidine rings is 1. The Bertz CT molecular complexity index is 573. The van der Waals surface area contributed by atoms with E-state index in [1.54, 1.807) is 7.11 Å². The van der Waals surface area contributed by atoms with Crippen LogP contribution in [-0.2, 0) is 13.0 Å². The predicted octanol–water partition coefficient (Wildman–Crippen LogP) is 3.77. The van der Waals surface area contributed by atoms with Gasteiger partial charge >= 0.3 is 0 Å². The molecule has 1 aliphatic heterocycles. The average molecular weight is 327 g/mol. The highest BCUT2D eigenvalue weighted by Crippen LogP contribution is 2.20. The van der Waals surface area contributed by atoms with Crippen LogP contribution in [0.3, 0.4) is 0 Å².